The Kier molecular flexibility index (Phi) is 14.9. The zero-order valence-corrected chi connectivity index (χ0v) is 23.8. The number of nitrogens with zero attached hydrogens (tertiary/aromatic N) is 5. The summed E-state index contributed by atoms with van der Waals surface area (Å²) in [6.07, 6.45) is -13.0. The van der Waals surface area contributed by atoms with Crippen molar-refractivity contribution < 1.29 is 73.6 Å². The lowest BCUT2D eigenvalue weighted by Gasteiger charge is -2.31. The molecule has 260 valence electrons. The Balaban J connectivity index is 0.000000413. The quantitative estimate of drug-likeness (QED) is 0.409. The van der Waals surface area contributed by atoms with Crippen LogP contribution in [0.15, 0.2) is 30.5 Å². The molecular formula is C25H29F10N5O6. The third-order valence-electron chi connectivity index (χ3n) is 5.94. The van der Waals surface area contributed by atoms with Crippen LogP contribution in [0.25, 0.3) is 0 Å². The van der Waals surface area contributed by atoms with Crippen molar-refractivity contribution in [3.8, 4) is 0 Å². The fourth-order valence-electron chi connectivity index (χ4n) is 3.70. The highest BCUT2D eigenvalue weighted by Crippen LogP contribution is 2.18. The molecule has 3 heterocycles. The molecule has 0 aliphatic carbocycles. The van der Waals surface area contributed by atoms with E-state index in [4.69, 9.17) is 34.7 Å². The Bertz CT molecular complexity index is 1230. The van der Waals surface area contributed by atoms with E-state index in [1.54, 1.807) is 12.1 Å². The topological polar surface area (TPSA) is 139 Å². The van der Waals surface area contributed by atoms with Gasteiger partial charge in [-0.3, -0.25) is 9.80 Å². The number of rotatable bonds is 4. The normalized spacial score (nSPS) is 16.0. The summed E-state index contributed by atoms with van der Waals surface area (Å²) in [5.41, 5.74) is 2.20. The largest absolute Gasteiger partial charge is 0.490 e. The number of piperazine rings is 1. The molecule has 0 unspecified atom stereocenters. The van der Waals surface area contributed by atoms with Crippen LogP contribution in [-0.2, 0) is 40.6 Å². The molecule has 1 saturated heterocycles. The lowest BCUT2D eigenvalue weighted by molar-refractivity contribution is -0.193. The molecule has 21 heteroatoms. The Morgan fingerprint density at radius 2 is 1.20 bits per heavy atom. The number of carbonyl (C=O) groups is 3. The molecule has 1 fully saturated rings. The van der Waals surface area contributed by atoms with Gasteiger partial charge in [0.1, 0.15) is 11.6 Å². The van der Waals surface area contributed by atoms with Crippen LogP contribution in [0.5, 0.6) is 0 Å². The summed E-state index contributed by atoms with van der Waals surface area (Å²) in [4.78, 5) is 38.8. The smallest absolute Gasteiger partial charge is 0.475 e. The first kappa shape index (κ1) is 40.0. The van der Waals surface area contributed by atoms with Crippen molar-refractivity contribution in [2.45, 2.75) is 44.7 Å². The summed E-state index contributed by atoms with van der Waals surface area (Å²) in [5.74, 6) is -7.30. The zero-order valence-electron chi connectivity index (χ0n) is 23.8. The SMILES string of the molecule is CN1CCN(Cc2cn3c(n2)CN(Cc2cccc(F)c2)CC3)CC1.O=C(O)C(F)(F)F.O=C(O)C(F)(F)F.O=C(O)C(F)(F)F. The molecular weight excluding hydrogens is 656 g/mol. The molecule has 3 N–H and O–H groups in total. The second-order valence-corrected chi connectivity index (χ2v) is 9.67. The number of alkyl halides is 9. The molecule has 1 aromatic carbocycles. The summed E-state index contributed by atoms with van der Waals surface area (Å²) >= 11 is 0. The van der Waals surface area contributed by atoms with E-state index in [1.807, 2.05) is 6.07 Å². The standard InChI is InChI=1S/C19H26FN5.3C2HF3O2/c1-22-5-7-23(8-6-22)13-18-14-25-10-9-24(15-19(25)21-18)12-16-3-2-4-17(20)11-16;3*3-2(4,5)1(6)7/h2-4,11,14H,5-10,12-13,15H2,1H3;3*(H,6,7). The number of aliphatic carboxylic acids is 3. The first-order valence-electron chi connectivity index (χ1n) is 12.8. The molecule has 11 nitrogen and oxygen atoms in total. The lowest BCUT2D eigenvalue weighted by atomic mass is 10.2. The van der Waals surface area contributed by atoms with Gasteiger partial charge < -0.3 is 24.8 Å². The van der Waals surface area contributed by atoms with E-state index in [9.17, 15) is 43.9 Å². The minimum absolute atomic E-state index is 0.162. The molecule has 0 atom stereocenters. The molecule has 0 bridgehead atoms. The Hall–Kier alpha value is -3.98. The van der Waals surface area contributed by atoms with Crippen molar-refractivity contribution in [1.29, 1.82) is 0 Å². The van der Waals surface area contributed by atoms with Crippen molar-refractivity contribution in [2.75, 3.05) is 39.8 Å². The molecule has 0 amide bonds. The van der Waals surface area contributed by atoms with Gasteiger partial charge >= 0.3 is 36.4 Å². The van der Waals surface area contributed by atoms with E-state index in [0.717, 1.165) is 70.3 Å². The van der Waals surface area contributed by atoms with Gasteiger partial charge in [0.25, 0.3) is 0 Å². The van der Waals surface area contributed by atoms with Gasteiger partial charge in [-0.05, 0) is 24.7 Å². The van der Waals surface area contributed by atoms with Gasteiger partial charge in [-0.15, -0.1) is 0 Å². The maximum Gasteiger partial charge on any atom is 0.490 e. The van der Waals surface area contributed by atoms with Gasteiger partial charge in [0.2, 0.25) is 0 Å². The maximum absolute atomic E-state index is 13.4. The summed E-state index contributed by atoms with van der Waals surface area (Å²) < 4.78 is 111. The van der Waals surface area contributed by atoms with E-state index in [0.29, 0.717) is 0 Å². The number of carboxylic acids is 3. The average molecular weight is 686 g/mol. The van der Waals surface area contributed by atoms with Crippen LogP contribution >= 0.6 is 0 Å². The summed E-state index contributed by atoms with van der Waals surface area (Å²) in [5, 5.41) is 21.4. The fourth-order valence-corrected chi connectivity index (χ4v) is 3.70. The first-order valence-corrected chi connectivity index (χ1v) is 12.8. The summed E-state index contributed by atoms with van der Waals surface area (Å²) in [6.45, 7) is 8.99. The molecule has 2 aromatic rings. The van der Waals surface area contributed by atoms with E-state index >= 15 is 0 Å². The second kappa shape index (κ2) is 17.1. The van der Waals surface area contributed by atoms with Crippen LogP contribution in [0.3, 0.4) is 0 Å². The molecule has 2 aliphatic heterocycles. The molecule has 4 rings (SSSR count). The van der Waals surface area contributed by atoms with Gasteiger partial charge in [-0.2, -0.15) is 39.5 Å². The van der Waals surface area contributed by atoms with Crippen molar-refractivity contribution in [3.63, 3.8) is 0 Å². The molecule has 0 saturated carbocycles. The van der Waals surface area contributed by atoms with Crippen LogP contribution in [0, 0.1) is 5.82 Å². The van der Waals surface area contributed by atoms with E-state index in [-0.39, 0.29) is 5.82 Å². The maximum atomic E-state index is 13.4. The molecule has 1 aromatic heterocycles. The summed E-state index contributed by atoms with van der Waals surface area (Å²) in [7, 11) is 2.18. The number of likely N-dealkylation sites (N-methyl/N-ethyl adjacent to an activating group) is 1. The highest BCUT2D eigenvalue weighted by atomic mass is 19.4. The molecule has 46 heavy (non-hydrogen) atoms. The van der Waals surface area contributed by atoms with Gasteiger partial charge in [-0.1, -0.05) is 12.1 Å². The van der Waals surface area contributed by atoms with Gasteiger partial charge in [0.05, 0.1) is 12.2 Å². The van der Waals surface area contributed by atoms with Crippen LogP contribution in [0.4, 0.5) is 43.9 Å². The van der Waals surface area contributed by atoms with Gasteiger partial charge in [0.15, 0.2) is 0 Å². The predicted octanol–water partition coefficient (Wildman–Crippen LogP) is 3.69. The van der Waals surface area contributed by atoms with Crippen molar-refractivity contribution in [3.05, 3.63) is 53.4 Å². The number of fused-ring (bicyclic) bond motifs is 1. The molecule has 0 spiro atoms. The van der Waals surface area contributed by atoms with Crippen LogP contribution < -0.4 is 0 Å². The van der Waals surface area contributed by atoms with Crippen LogP contribution in [0.2, 0.25) is 0 Å². The molecule has 2 aliphatic rings. The minimum atomic E-state index is -5.08. The number of carboxylic acid groups (broad SMARTS) is 3. The molecule has 0 radical (unpaired) electrons. The zero-order chi connectivity index (χ0) is 35.5. The van der Waals surface area contributed by atoms with Crippen molar-refractivity contribution >= 4 is 17.9 Å². The lowest BCUT2D eigenvalue weighted by Crippen LogP contribution is -2.43. The van der Waals surface area contributed by atoms with Crippen LogP contribution in [0.1, 0.15) is 17.1 Å². The number of hydrogen-bond acceptors (Lipinski definition) is 7. The van der Waals surface area contributed by atoms with Gasteiger partial charge in [-0.25, -0.2) is 23.8 Å². The Labute approximate surface area is 254 Å². The Morgan fingerprint density at radius 3 is 1.63 bits per heavy atom. The predicted molar refractivity (Wildman–Crippen MR) is 137 cm³/mol. The fraction of sp³-hybridized carbons (Fsp3) is 0.520. The monoisotopic (exact) mass is 685 g/mol. The Morgan fingerprint density at radius 1 is 0.739 bits per heavy atom. The number of imidazole rings is 1. The number of benzene rings is 1. The number of halogens is 10. The third kappa shape index (κ3) is 15.3. The van der Waals surface area contributed by atoms with E-state index < -0.39 is 36.4 Å². The van der Waals surface area contributed by atoms with Crippen molar-refractivity contribution in [1.82, 2.24) is 24.3 Å². The third-order valence-corrected chi connectivity index (χ3v) is 5.94. The highest BCUT2D eigenvalue weighted by molar-refractivity contribution is 5.73. The minimum Gasteiger partial charge on any atom is -0.475 e. The van der Waals surface area contributed by atoms with Gasteiger partial charge in [0, 0.05) is 58.6 Å². The second-order valence-electron chi connectivity index (χ2n) is 9.67. The highest BCUT2D eigenvalue weighted by Gasteiger charge is 2.39. The van der Waals surface area contributed by atoms with Crippen LogP contribution in [-0.4, -0.2) is 116 Å². The van der Waals surface area contributed by atoms with E-state index in [1.165, 1.54) is 11.8 Å². The average Bonchev–Trinajstić information content (AvgIpc) is 3.31. The van der Waals surface area contributed by atoms with Crippen molar-refractivity contribution in [2.24, 2.45) is 0 Å². The number of aromatic nitrogens is 2. The number of hydrogen-bond donors (Lipinski definition) is 3. The first-order chi connectivity index (χ1) is 21.0. The summed E-state index contributed by atoms with van der Waals surface area (Å²) in [6, 6.07) is 6.89. The van der Waals surface area contributed by atoms with E-state index in [2.05, 4.69) is 32.5 Å².